The number of pyridine rings is 1. The molecule has 0 saturated carbocycles. The van der Waals surface area contributed by atoms with Crippen LogP contribution in [0.15, 0.2) is 16.9 Å². The number of carbonyl (C=O) groups excluding carboxylic acids is 1. The molecule has 0 spiro atoms. The van der Waals surface area contributed by atoms with Crippen LogP contribution in [0.3, 0.4) is 0 Å². The van der Waals surface area contributed by atoms with E-state index in [1.165, 1.54) is 10.6 Å². The van der Waals surface area contributed by atoms with Gasteiger partial charge in [0.15, 0.2) is 0 Å². The van der Waals surface area contributed by atoms with Crippen molar-refractivity contribution in [1.82, 2.24) is 9.99 Å². The largest absolute Gasteiger partial charge is 0.506 e. The number of nitrogens with zero attached hydrogens (tertiary/aromatic N) is 1. The Bertz CT molecular complexity index is 829. The maximum atomic E-state index is 13.7. The van der Waals surface area contributed by atoms with E-state index in [1.54, 1.807) is 0 Å². The van der Waals surface area contributed by atoms with Crippen molar-refractivity contribution in [2.45, 2.75) is 25.8 Å². The van der Waals surface area contributed by atoms with E-state index in [4.69, 9.17) is 5.84 Å². The fraction of sp³-hybridized carbons (Fsp3) is 0.286. The lowest BCUT2D eigenvalue weighted by Gasteiger charge is -2.26. The summed E-state index contributed by atoms with van der Waals surface area (Å²) in [6, 6.07) is 2.32. The highest BCUT2D eigenvalue weighted by molar-refractivity contribution is 6.02. The van der Waals surface area contributed by atoms with Crippen LogP contribution >= 0.6 is 0 Å². The van der Waals surface area contributed by atoms with Gasteiger partial charge in [-0.15, -0.1) is 0 Å². The molecule has 1 aliphatic heterocycles. The lowest BCUT2D eigenvalue weighted by atomic mass is 9.95. The summed E-state index contributed by atoms with van der Waals surface area (Å²) in [6.45, 7) is 1.84. The highest BCUT2D eigenvalue weighted by atomic mass is 19.1. The van der Waals surface area contributed by atoms with Crippen molar-refractivity contribution in [3.63, 3.8) is 0 Å². The van der Waals surface area contributed by atoms with E-state index in [0.717, 1.165) is 6.07 Å². The Kier molecular flexibility index (Phi) is 2.94. The fourth-order valence-corrected chi connectivity index (χ4v) is 2.96. The van der Waals surface area contributed by atoms with Crippen LogP contribution in [0.25, 0.3) is 10.9 Å². The second-order valence-electron chi connectivity index (χ2n) is 5.22. The van der Waals surface area contributed by atoms with E-state index in [1.807, 2.05) is 12.3 Å². The zero-order chi connectivity index (χ0) is 15.3. The molecule has 1 aromatic heterocycles. The molecule has 0 radical (unpaired) electrons. The number of halogens is 1. The normalized spacial score (nSPS) is 17.0. The van der Waals surface area contributed by atoms with Gasteiger partial charge in [0.25, 0.3) is 11.5 Å². The first kappa shape index (κ1) is 13.6. The number of benzene rings is 1. The van der Waals surface area contributed by atoms with Gasteiger partial charge in [-0.2, -0.15) is 0 Å². The van der Waals surface area contributed by atoms with Crippen molar-refractivity contribution < 1.29 is 14.3 Å². The second kappa shape index (κ2) is 4.56. The molecular formula is C14H14FN3O3. The molecule has 21 heavy (non-hydrogen) atoms. The zero-order valence-electron chi connectivity index (χ0n) is 11.3. The predicted octanol–water partition coefficient (Wildman–Crippen LogP) is 0.957. The third kappa shape index (κ3) is 1.81. The third-order valence-electron chi connectivity index (χ3n) is 3.95. The number of amides is 1. The van der Waals surface area contributed by atoms with Crippen LogP contribution in [0, 0.1) is 5.82 Å². The monoisotopic (exact) mass is 291 g/mol. The molecule has 1 aromatic carbocycles. The Morgan fingerprint density at radius 1 is 1.52 bits per heavy atom. The number of hydrogen-bond acceptors (Lipinski definition) is 4. The van der Waals surface area contributed by atoms with Crippen molar-refractivity contribution >= 4 is 16.8 Å². The minimum atomic E-state index is -0.897. The summed E-state index contributed by atoms with van der Waals surface area (Å²) in [6.07, 6.45) is 1.26. The number of carbonyl (C=O) groups is 1. The van der Waals surface area contributed by atoms with Gasteiger partial charge in [-0.05, 0) is 37.5 Å². The first-order chi connectivity index (χ1) is 9.95. The minimum absolute atomic E-state index is 0.148. The quantitative estimate of drug-likeness (QED) is 0.414. The van der Waals surface area contributed by atoms with Gasteiger partial charge in [0, 0.05) is 11.4 Å². The molecule has 1 aliphatic rings. The van der Waals surface area contributed by atoms with Crippen molar-refractivity contribution in [1.29, 1.82) is 0 Å². The number of rotatable bonds is 1. The van der Waals surface area contributed by atoms with E-state index in [-0.39, 0.29) is 11.4 Å². The van der Waals surface area contributed by atoms with Gasteiger partial charge in [0.2, 0.25) is 0 Å². The Morgan fingerprint density at radius 3 is 2.90 bits per heavy atom. The van der Waals surface area contributed by atoms with Crippen LogP contribution in [-0.4, -0.2) is 15.6 Å². The smallest absolute Gasteiger partial charge is 0.274 e. The zero-order valence-corrected chi connectivity index (χ0v) is 11.3. The Labute approximate surface area is 119 Å². The molecule has 2 heterocycles. The van der Waals surface area contributed by atoms with Crippen molar-refractivity contribution in [2.24, 2.45) is 5.84 Å². The molecule has 1 atom stereocenters. The molecule has 0 bridgehead atoms. The fourth-order valence-electron chi connectivity index (χ4n) is 2.96. The minimum Gasteiger partial charge on any atom is -0.506 e. The molecule has 3 rings (SSSR count). The first-order valence-electron chi connectivity index (χ1n) is 6.56. The van der Waals surface area contributed by atoms with Crippen molar-refractivity contribution in [3.8, 4) is 5.75 Å². The van der Waals surface area contributed by atoms with E-state index in [2.05, 4.69) is 0 Å². The van der Waals surface area contributed by atoms with Crippen molar-refractivity contribution in [3.05, 3.63) is 39.4 Å². The van der Waals surface area contributed by atoms with E-state index in [9.17, 15) is 19.1 Å². The molecule has 1 unspecified atom stereocenters. The summed E-state index contributed by atoms with van der Waals surface area (Å²) < 4.78 is 15.1. The van der Waals surface area contributed by atoms with Crippen LogP contribution in [-0.2, 0) is 6.42 Å². The Hall–Kier alpha value is -2.41. The summed E-state index contributed by atoms with van der Waals surface area (Å²) in [5.41, 5.74) is 1.88. The summed E-state index contributed by atoms with van der Waals surface area (Å²) in [5.74, 6) is 3.10. The molecular weight excluding hydrogens is 277 g/mol. The van der Waals surface area contributed by atoms with Crippen LogP contribution in [0.5, 0.6) is 5.75 Å². The summed E-state index contributed by atoms with van der Waals surface area (Å²) in [4.78, 5) is 24.3. The molecule has 4 N–H and O–H groups in total. The van der Waals surface area contributed by atoms with Crippen LogP contribution in [0.1, 0.15) is 35.3 Å². The van der Waals surface area contributed by atoms with Gasteiger partial charge in [-0.3, -0.25) is 15.0 Å². The van der Waals surface area contributed by atoms with Crippen LogP contribution < -0.4 is 16.8 Å². The number of aromatic hydroxyl groups is 1. The number of aryl methyl sites for hydroxylation is 1. The van der Waals surface area contributed by atoms with Gasteiger partial charge < -0.3 is 9.67 Å². The average Bonchev–Trinajstić information content (AvgIpc) is 2.45. The molecule has 6 nitrogen and oxygen atoms in total. The molecule has 0 fully saturated rings. The lowest BCUT2D eigenvalue weighted by molar-refractivity contribution is 0.0949. The highest BCUT2D eigenvalue weighted by Crippen LogP contribution is 2.35. The Balaban J connectivity index is 2.55. The summed E-state index contributed by atoms with van der Waals surface area (Å²) in [7, 11) is 0. The summed E-state index contributed by atoms with van der Waals surface area (Å²) >= 11 is 0. The molecule has 1 amide bonds. The average molecular weight is 291 g/mol. The van der Waals surface area contributed by atoms with E-state index in [0.29, 0.717) is 23.9 Å². The predicted molar refractivity (Wildman–Crippen MR) is 74.5 cm³/mol. The topological polar surface area (TPSA) is 97.3 Å². The number of aromatic nitrogens is 1. The number of hydrogen-bond donors (Lipinski definition) is 3. The molecule has 2 aromatic rings. The number of nitrogen functional groups attached to an aromatic ring is 1. The van der Waals surface area contributed by atoms with E-state index < -0.39 is 28.6 Å². The molecule has 110 valence electrons. The number of hydrazine groups is 1. The maximum absolute atomic E-state index is 13.7. The molecule has 0 saturated heterocycles. The van der Waals surface area contributed by atoms with Crippen LogP contribution in [0.4, 0.5) is 4.39 Å². The molecule has 7 heteroatoms. The van der Waals surface area contributed by atoms with Gasteiger partial charge in [-0.25, -0.2) is 10.2 Å². The third-order valence-corrected chi connectivity index (χ3v) is 3.95. The lowest BCUT2D eigenvalue weighted by Crippen LogP contribution is -2.38. The van der Waals surface area contributed by atoms with Crippen molar-refractivity contribution in [2.75, 3.05) is 0 Å². The highest BCUT2D eigenvalue weighted by Gasteiger charge is 2.28. The molecule has 0 aliphatic carbocycles. The van der Waals surface area contributed by atoms with Gasteiger partial charge in [0.05, 0.1) is 5.52 Å². The number of nitrogens with one attached hydrogen (secondary N) is 1. The van der Waals surface area contributed by atoms with Crippen LogP contribution in [0.2, 0.25) is 0 Å². The maximum Gasteiger partial charge on any atom is 0.274 e. The van der Waals surface area contributed by atoms with Gasteiger partial charge in [0.1, 0.15) is 17.1 Å². The van der Waals surface area contributed by atoms with Gasteiger partial charge in [-0.1, -0.05) is 0 Å². The van der Waals surface area contributed by atoms with Gasteiger partial charge >= 0.3 is 0 Å². The van der Waals surface area contributed by atoms with E-state index >= 15 is 0 Å². The second-order valence-corrected chi connectivity index (χ2v) is 5.22. The Morgan fingerprint density at radius 2 is 2.24 bits per heavy atom. The first-order valence-corrected chi connectivity index (χ1v) is 6.56. The number of nitrogens with two attached hydrogens (primary N) is 1. The summed E-state index contributed by atoms with van der Waals surface area (Å²) in [5, 5.41) is 10.4. The SMILES string of the molecule is CC1CCc2cc(F)cc3c(O)c(C(=O)NN)c(=O)n1c23. The standard InChI is InChI=1S/C14H14FN3O3/c1-6-2-3-7-4-8(15)5-9-11(7)18(6)14(21)10(12(9)19)13(20)17-16/h4-6,19H,2-3,16H2,1H3,(H,17,20).